The van der Waals surface area contributed by atoms with Gasteiger partial charge < -0.3 is 10.6 Å². The highest BCUT2D eigenvalue weighted by Crippen LogP contribution is 2.25. The van der Waals surface area contributed by atoms with Crippen molar-refractivity contribution in [1.82, 2.24) is 4.90 Å². The molecule has 0 aromatic rings. The third kappa shape index (κ3) is 3.08. The summed E-state index contributed by atoms with van der Waals surface area (Å²) in [5, 5.41) is 0. The monoisotopic (exact) mass is 222 g/mol. The van der Waals surface area contributed by atoms with E-state index < -0.39 is 0 Å². The van der Waals surface area contributed by atoms with Crippen molar-refractivity contribution in [3.63, 3.8) is 0 Å². The topological polar surface area (TPSA) is 29.3 Å². The Bertz CT molecular complexity index is 231. The summed E-state index contributed by atoms with van der Waals surface area (Å²) in [7, 11) is 0. The molecule has 0 heterocycles. The average molecular weight is 222 g/mol. The number of hydrogen-bond acceptors (Lipinski definition) is 2. The van der Waals surface area contributed by atoms with Crippen LogP contribution in [0.3, 0.4) is 0 Å². The van der Waals surface area contributed by atoms with E-state index in [1.807, 2.05) is 0 Å². The van der Waals surface area contributed by atoms with Gasteiger partial charge in [0.25, 0.3) is 0 Å². The van der Waals surface area contributed by atoms with Crippen molar-refractivity contribution in [3.8, 4) is 0 Å². The maximum atomic E-state index is 5.92. The van der Waals surface area contributed by atoms with E-state index in [-0.39, 0.29) is 0 Å². The molecule has 92 valence electrons. The van der Waals surface area contributed by atoms with Crippen LogP contribution in [0.2, 0.25) is 0 Å². The van der Waals surface area contributed by atoms with Gasteiger partial charge in [0, 0.05) is 18.6 Å². The maximum Gasteiger partial charge on any atom is 0.0229 e. The van der Waals surface area contributed by atoms with Crippen molar-refractivity contribution in [2.75, 3.05) is 13.1 Å². The lowest BCUT2D eigenvalue weighted by molar-refractivity contribution is 0.148. The number of rotatable bonds is 4. The van der Waals surface area contributed by atoms with Gasteiger partial charge in [-0.05, 0) is 31.7 Å². The normalized spacial score (nSPS) is 31.4. The van der Waals surface area contributed by atoms with Gasteiger partial charge in [-0.1, -0.05) is 38.3 Å². The molecule has 2 N–H and O–H groups in total. The smallest absolute Gasteiger partial charge is 0.0229 e. The van der Waals surface area contributed by atoms with Crippen LogP contribution in [0.25, 0.3) is 0 Å². The molecule has 2 rings (SSSR count). The zero-order valence-electron chi connectivity index (χ0n) is 10.6. The molecule has 2 heteroatoms. The maximum absolute atomic E-state index is 5.92. The minimum Gasteiger partial charge on any atom is -0.324 e. The molecule has 2 nitrogen and oxygen atoms in total. The minimum absolute atomic E-state index is 0.315. The van der Waals surface area contributed by atoms with Crippen molar-refractivity contribution in [2.24, 2.45) is 11.7 Å². The number of hydrogen-bond donors (Lipinski definition) is 1. The molecule has 0 spiro atoms. The second kappa shape index (κ2) is 5.83. The van der Waals surface area contributed by atoms with Crippen LogP contribution in [0.4, 0.5) is 0 Å². The highest BCUT2D eigenvalue weighted by Gasteiger charge is 2.24. The Kier molecular flexibility index (Phi) is 4.42. The molecular formula is C14H26N2. The molecular weight excluding hydrogens is 196 g/mol. The highest BCUT2D eigenvalue weighted by molar-refractivity contribution is 5.05. The molecule has 1 saturated carbocycles. The Morgan fingerprint density at radius 2 is 1.94 bits per heavy atom. The lowest BCUT2D eigenvalue weighted by Crippen LogP contribution is -2.39. The quantitative estimate of drug-likeness (QED) is 0.741. The molecule has 0 aromatic carbocycles. The molecule has 1 fully saturated rings. The first-order chi connectivity index (χ1) is 7.79. The van der Waals surface area contributed by atoms with E-state index in [0.717, 1.165) is 12.5 Å². The summed E-state index contributed by atoms with van der Waals surface area (Å²) < 4.78 is 0. The van der Waals surface area contributed by atoms with E-state index in [0.29, 0.717) is 12.0 Å². The number of nitrogens with zero attached hydrogens (tertiary/aromatic N) is 1. The molecule has 0 aliphatic heterocycles. The Morgan fingerprint density at radius 1 is 1.19 bits per heavy atom. The molecule has 2 aliphatic carbocycles. The highest BCUT2D eigenvalue weighted by atomic mass is 15.1. The standard InChI is InChI=1S/C14H26N2/c1-2-16(14-6-4-3-5-7-14)11-12-8-9-13(15)10-12/h8-9,12-14H,2-7,10-11,15H2,1H3. The Balaban J connectivity index is 1.82. The fraction of sp³-hybridized carbons (Fsp3) is 0.857. The fourth-order valence-corrected chi connectivity index (χ4v) is 3.23. The summed E-state index contributed by atoms with van der Waals surface area (Å²) in [4.78, 5) is 2.69. The first-order valence-corrected chi connectivity index (χ1v) is 6.97. The van der Waals surface area contributed by atoms with Crippen LogP contribution in [0.5, 0.6) is 0 Å². The predicted molar refractivity (Wildman–Crippen MR) is 69.3 cm³/mol. The van der Waals surface area contributed by atoms with Crippen molar-refractivity contribution in [1.29, 1.82) is 0 Å². The van der Waals surface area contributed by atoms with Crippen LogP contribution in [-0.2, 0) is 0 Å². The Morgan fingerprint density at radius 3 is 2.50 bits per heavy atom. The van der Waals surface area contributed by atoms with Crippen LogP contribution < -0.4 is 5.73 Å². The Hall–Kier alpha value is -0.340. The van der Waals surface area contributed by atoms with Gasteiger partial charge in [0.1, 0.15) is 0 Å². The summed E-state index contributed by atoms with van der Waals surface area (Å²) in [6.07, 6.45) is 12.8. The van der Waals surface area contributed by atoms with E-state index in [1.165, 1.54) is 45.2 Å². The molecule has 0 radical (unpaired) electrons. The third-order valence-corrected chi connectivity index (χ3v) is 4.17. The zero-order chi connectivity index (χ0) is 11.4. The predicted octanol–water partition coefficient (Wildman–Crippen LogP) is 2.54. The lowest BCUT2D eigenvalue weighted by Gasteiger charge is -2.35. The lowest BCUT2D eigenvalue weighted by atomic mass is 9.93. The van der Waals surface area contributed by atoms with E-state index in [1.54, 1.807) is 0 Å². The number of nitrogens with two attached hydrogens (primary N) is 1. The Labute approximate surface area is 99.9 Å². The van der Waals surface area contributed by atoms with Crippen LogP contribution in [0.1, 0.15) is 45.4 Å². The van der Waals surface area contributed by atoms with Gasteiger partial charge >= 0.3 is 0 Å². The van der Waals surface area contributed by atoms with E-state index in [4.69, 9.17) is 5.73 Å². The largest absolute Gasteiger partial charge is 0.324 e. The summed E-state index contributed by atoms with van der Waals surface area (Å²) in [5.41, 5.74) is 5.92. The summed E-state index contributed by atoms with van der Waals surface area (Å²) in [5.74, 6) is 0.705. The molecule has 2 atom stereocenters. The fourth-order valence-electron chi connectivity index (χ4n) is 3.23. The first kappa shape index (κ1) is 12.1. The molecule has 2 unspecified atom stereocenters. The van der Waals surface area contributed by atoms with Gasteiger partial charge in [-0.15, -0.1) is 0 Å². The van der Waals surface area contributed by atoms with Crippen LogP contribution >= 0.6 is 0 Å². The van der Waals surface area contributed by atoms with Crippen molar-refractivity contribution in [3.05, 3.63) is 12.2 Å². The SMILES string of the molecule is CCN(CC1C=CC(N)C1)C1CCCCC1. The van der Waals surface area contributed by atoms with Crippen LogP contribution in [0, 0.1) is 5.92 Å². The van der Waals surface area contributed by atoms with Crippen LogP contribution in [-0.4, -0.2) is 30.1 Å². The van der Waals surface area contributed by atoms with Gasteiger partial charge in [-0.2, -0.15) is 0 Å². The molecule has 16 heavy (non-hydrogen) atoms. The molecule has 2 aliphatic rings. The van der Waals surface area contributed by atoms with E-state index >= 15 is 0 Å². The van der Waals surface area contributed by atoms with Gasteiger partial charge in [0.2, 0.25) is 0 Å². The molecule has 0 saturated heterocycles. The van der Waals surface area contributed by atoms with Gasteiger partial charge in [-0.25, -0.2) is 0 Å². The van der Waals surface area contributed by atoms with Gasteiger partial charge in [0.15, 0.2) is 0 Å². The first-order valence-electron chi connectivity index (χ1n) is 6.97. The third-order valence-electron chi connectivity index (χ3n) is 4.17. The van der Waals surface area contributed by atoms with Crippen molar-refractivity contribution < 1.29 is 0 Å². The molecule has 0 amide bonds. The second-order valence-corrected chi connectivity index (χ2v) is 5.42. The summed E-state index contributed by atoms with van der Waals surface area (Å²) in [6.45, 7) is 4.73. The zero-order valence-corrected chi connectivity index (χ0v) is 10.6. The molecule has 0 bridgehead atoms. The van der Waals surface area contributed by atoms with Crippen molar-refractivity contribution in [2.45, 2.75) is 57.5 Å². The van der Waals surface area contributed by atoms with E-state index in [2.05, 4.69) is 24.0 Å². The average Bonchev–Trinajstić information content (AvgIpc) is 2.73. The molecule has 0 aromatic heterocycles. The van der Waals surface area contributed by atoms with Crippen molar-refractivity contribution >= 4 is 0 Å². The van der Waals surface area contributed by atoms with Crippen LogP contribution in [0.15, 0.2) is 12.2 Å². The second-order valence-electron chi connectivity index (χ2n) is 5.42. The summed E-state index contributed by atoms with van der Waals surface area (Å²) in [6, 6.07) is 1.17. The summed E-state index contributed by atoms with van der Waals surface area (Å²) >= 11 is 0. The van der Waals surface area contributed by atoms with Gasteiger partial charge in [0.05, 0.1) is 0 Å². The van der Waals surface area contributed by atoms with E-state index in [9.17, 15) is 0 Å². The van der Waals surface area contributed by atoms with Gasteiger partial charge in [-0.3, -0.25) is 0 Å². The minimum atomic E-state index is 0.315.